The number of likely N-dealkylation sites (tertiary alicyclic amines) is 1. The number of nitrogens with two attached hydrogens (primary N) is 2. The Morgan fingerprint density at radius 1 is 0.771 bits per heavy atom. The molecule has 2 amide bonds. The van der Waals surface area contributed by atoms with Gasteiger partial charge in [0.25, 0.3) is 5.91 Å². The molecule has 35 heavy (non-hydrogen) atoms. The normalized spacial score (nSPS) is 16.1. The van der Waals surface area contributed by atoms with Crippen molar-refractivity contribution in [3.05, 3.63) is 59.7 Å². The third-order valence-corrected chi connectivity index (χ3v) is 6.15. The number of rotatable bonds is 6. The van der Waals surface area contributed by atoms with Gasteiger partial charge in [0.15, 0.2) is 5.96 Å². The molecule has 0 aliphatic carbocycles. The van der Waals surface area contributed by atoms with Crippen LogP contribution in [0.2, 0.25) is 0 Å². The van der Waals surface area contributed by atoms with E-state index in [9.17, 15) is 14.4 Å². The highest BCUT2D eigenvalue weighted by molar-refractivity contribution is 5.95. The summed E-state index contributed by atoms with van der Waals surface area (Å²) in [5.41, 5.74) is 12.1. The predicted octanol–water partition coefficient (Wildman–Crippen LogP) is 1.19. The molecule has 0 atom stereocenters. The van der Waals surface area contributed by atoms with Crippen LogP contribution in [-0.2, 0) is 4.79 Å². The monoisotopic (exact) mass is 478 g/mol. The average molecular weight is 479 g/mol. The van der Waals surface area contributed by atoms with E-state index in [0.29, 0.717) is 55.3 Å². The summed E-state index contributed by atoms with van der Waals surface area (Å²) in [5, 5.41) is 0. The topological polar surface area (TPSA) is 135 Å². The number of hydrogen-bond donors (Lipinski definition) is 2. The van der Waals surface area contributed by atoms with E-state index in [2.05, 4.69) is 9.89 Å². The summed E-state index contributed by atoms with van der Waals surface area (Å²) in [6.07, 6.45) is 2.17. The van der Waals surface area contributed by atoms with Crippen molar-refractivity contribution in [2.45, 2.75) is 12.8 Å². The van der Waals surface area contributed by atoms with Gasteiger partial charge in [-0.1, -0.05) is 0 Å². The molecule has 184 valence electrons. The van der Waals surface area contributed by atoms with Crippen molar-refractivity contribution in [3.8, 4) is 5.75 Å². The van der Waals surface area contributed by atoms with Crippen molar-refractivity contribution in [2.75, 3.05) is 45.8 Å². The maximum absolute atomic E-state index is 12.9. The van der Waals surface area contributed by atoms with Gasteiger partial charge in [-0.15, -0.1) is 0 Å². The molecule has 2 saturated heterocycles. The number of nitrogens with zero attached hydrogens (tertiary/aromatic N) is 4. The Morgan fingerprint density at radius 3 is 1.97 bits per heavy atom. The molecule has 2 aromatic rings. The average Bonchev–Trinajstić information content (AvgIpc) is 3.40. The highest BCUT2D eigenvalue weighted by atomic mass is 16.5. The molecule has 2 aromatic carbocycles. The molecule has 10 heteroatoms. The van der Waals surface area contributed by atoms with Gasteiger partial charge in [0.05, 0.1) is 17.8 Å². The van der Waals surface area contributed by atoms with Gasteiger partial charge in [0.2, 0.25) is 5.91 Å². The molecular weight excluding hydrogens is 448 g/mol. The fourth-order valence-electron chi connectivity index (χ4n) is 4.20. The molecule has 2 aliphatic rings. The molecule has 10 nitrogen and oxygen atoms in total. The van der Waals surface area contributed by atoms with Crippen molar-refractivity contribution in [2.24, 2.45) is 16.5 Å². The van der Waals surface area contributed by atoms with E-state index in [0.717, 1.165) is 25.9 Å². The van der Waals surface area contributed by atoms with Crippen molar-refractivity contribution in [1.82, 2.24) is 14.7 Å². The number of carbonyl (C=O) groups excluding carboxylic acids is 3. The number of esters is 1. The van der Waals surface area contributed by atoms with Crippen LogP contribution in [0.1, 0.15) is 33.6 Å². The van der Waals surface area contributed by atoms with Crippen LogP contribution in [0.5, 0.6) is 5.75 Å². The molecule has 0 spiro atoms. The zero-order chi connectivity index (χ0) is 24.8. The lowest BCUT2D eigenvalue weighted by Gasteiger charge is -2.35. The Morgan fingerprint density at radius 2 is 1.37 bits per heavy atom. The number of piperazine rings is 1. The van der Waals surface area contributed by atoms with Gasteiger partial charge in [-0.05, 0) is 61.4 Å². The third-order valence-electron chi connectivity index (χ3n) is 6.15. The number of amides is 2. The minimum absolute atomic E-state index is 0.0653. The molecule has 4 N–H and O–H groups in total. The minimum atomic E-state index is -0.528. The Bertz CT molecular complexity index is 1080. The second-order valence-electron chi connectivity index (χ2n) is 8.65. The minimum Gasteiger partial charge on any atom is -0.423 e. The largest absolute Gasteiger partial charge is 0.423 e. The molecule has 2 heterocycles. The van der Waals surface area contributed by atoms with E-state index in [-0.39, 0.29) is 17.8 Å². The number of guanidine groups is 1. The first-order valence-electron chi connectivity index (χ1n) is 11.7. The van der Waals surface area contributed by atoms with E-state index in [1.807, 2.05) is 4.90 Å². The summed E-state index contributed by atoms with van der Waals surface area (Å²) in [6.45, 7) is 4.60. The maximum atomic E-state index is 12.9. The molecule has 4 rings (SSSR count). The van der Waals surface area contributed by atoms with Gasteiger partial charge in [-0.2, -0.15) is 0 Å². The van der Waals surface area contributed by atoms with Crippen LogP contribution >= 0.6 is 0 Å². The van der Waals surface area contributed by atoms with Gasteiger partial charge >= 0.3 is 5.97 Å². The Hall–Kier alpha value is -3.92. The van der Waals surface area contributed by atoms with E-state index in [1.165, 1.54) is 0 Å². The standard InChI is InChI=1S/C25H30N6O4/c26-25(27)28-20-7-3-19(4-8-20)24(34)35-21-9-5-18(6-10-21)23(33)31-15-13-29(14-16-31)17-22(32)30-11-1-2-12-30/h3-10H,1-2,11-17H2,(H4,26,27,28). The van der Waals surface area contributed by atoms with E-state index in [4.69, 9.17) is 16.2 Å². The van der Waals surface area contributed by atoms with Crippen molar-refractivity contribution < 1.29 is 19.1 Å². The quantitative estimate of drug-likeness (QED) is 0.276. The lowest BCUT2D eigenvalue weighted by atomic mass is 10.1. The highest BCUT2D eigenvalue weighted by Crippen LogP contribution is 2.18. The van der Waals surface area contributed by atoms with Crippen LogP contribution in [0.15, 0.2) is 53.5 Å². The van der Waals surface area contributed by atoms with Crippen molar-refractivity contribution in [1.29, 1.82) is 0 Å². The molecule has 2 fully saturated rings. The van der Waals surface area contributed by atoms with Crippen LogP contribution in [0.25, 0.3) is 0 Å². The molecular formula is C25H30N6O4. The summed E-state index contributed by atoms with van der Waals surface area (Å²) >= 11 is 0. The summed E-state index contributed by atoms with van der Waals surface area (Å²) in [6, 6.07) is 12.9. The van der Waals surface area contributed by atoms with E-state index >= 15 is 0 Å². The van der Waals surface area contributed by atoms with Crippen molar-refractivity contribution >= 4 is 29.4 Å². The molecule has 0 unspecified atom stereocenters. The molecule has 2 aliphatic heterocycles. The Kier molecular flexibility index (Phi) is 7.61. The summed E-state index contributed by atoms with van der Waals surface area (Å²) in [4.78, 5) is 47.4. The van der Waals surface area contributed by atoms with Crippen LogP contribution in [0.4, 0.5) is 5.69 Å². The zero-order valence-electron chi connectivity index (χ0n) is 19.6. The fraction of sp³-hybridized carbons (Fsp3) is 0.360. The fourth-order valence-corrected chi connectivity index (χ4v) is 4.20. The number of hydrogen-bond acceptors (Lipinski definition) is 6. The lowest BCUT2D eigenvalue weighted by molar-refractivity contribution is -0.131. The second kappa shape index (κ2) is 11.0. The lowest BCUT2D eigenvalue weighted by Crippen LogP contribution is -2.51. The van der Waals surface area contributed by atoms with Gasteiger partial charge in [0.1, 0.15) is 5.75 Å². The van der Waals surface area contributed by atoms with Crippen LogP contribution < -0.4 is 16.2 Å². The maximum Gasteiger partial charge on any atom is 0.343 e. The van der Waals surface area contributed by atoms with Gasteiger partial charge in [0, 0.05) is 44.8 Å². The molecule has 0 bridgehead atoms. The molecule has 0 aromatic heterocycles. The third kappa shape index (κ3) is 6.36. The first kappa shape index (κ1) is 24.2. The molecule has 0 radical (unpaired) electrons. The SMILES string of the molecule is NC(N)=Nc1ccc(C(=O)Oc2ccc(C(=O)N3CCN(CC(=O)N4CCCC4)CC3)cc2)cc1. The summed E-state index contributed by atoms with van der Waals surface area (Å²) in [7, 11) is 0. The van der Waals surface area contributed by atoms with Crippen LogP contribution in [0.3, 0.4) is 0 Å². The van der Waals surface area contributed by atoms with Gasteiger partial charge in [-0.25, -0.2) is 9.79 Å². The van der Waals surface area contributed by atoms with Crippen LogP contribution in [-0.4, -0.2) is 84.3 Å². The van der Waals surface area contributed by atoms with Crippen LogP contribution in [0, 0.1) is 0 Å². The van der Waals surface area contributed by atoms with Crippen molar-refractivity contribution in [3.63, 3.8) is 0 Å². The number of carbonyl (C=O) groups is 3. The Balaban J connectivity index is 1.27. The number of aliphatic imine (C=N–C) groups is 1. The smallest absolute Gasteiger partial charge is 0.343 e. The summed E-state index contributed by atoms with van der Waals surface area (Å²) < 4.78 is 5.40. The number of benzene rings is 2. The second-order valence-corrected chi connectivity index (χ2v) is 8.65. The Labute approximate surface area is 204 Å². The van der Waals surface area contributed by atoms with Gasteiger partial charge < -0.3 is 26.0 Å². The van der Waals surface area contributed by atoms with E-state index < -0.39 is 5.97 Å². The predicted molar refractivity (Wildman–Crippen MR) is 131 cm³/mol. The van der Waals surface area contributed by atoms with E-state index in [1.54, 1.807) is 53.4 Å². The molecule has 0 saturated carbocycles. The number of ether oxygens (including phenoxy) is 1. The first-order chi connectivity index (χ1) is 16.9. The highest BCUT2D eigenvalue weighted by Gasteiger charge is 2.25. The summed E-state index contributed by atoms with van der Waals surface area (Å²) in [5.74, 6) is -0.157. The van der Waals surface area contributed by atoms with Gasteiger partial charge in [-0.3, -0.25) is 14.5 Å². The zero-order valence-corrected chi connectivity index (χ0v) is 19.6. The first-order valence-corrected chi connectivity index (χ1v) is 11.7.